The molecule has 0 unspecified atom stereocenters. The first-order chi connectivity index (χ1) is 9.29. The number of hydrogen-bond donors (Lipinski definition) is 2. The molecule has 0 radical (unpaired) electrons. The molecule has 1 aromatic carbocycles. The second-order valence-electron chi connectivity index (χ2n) is 4.89. The minimum absolute atomic E-state index is 0.000587. The van der Waals surface area contributed by atoms with Crippen molar-refractivity contribution in [1.82, 2.24) is 10.0 Å². The Bertz CT molecular complexity index is 677. The highest BCUT2D eigenvalue weighted by Crippen LogP contribution is 2.15. The van der Waals surface area contributed by atoms with Gasteiger partial charge in [0.15, 0.2) is 9.84 Å². The predicted octanol–water partition coefficient (Wildman–Crippen LogP) is 0.120. The molecule has 20 heavy (non-hydrogen) atoms. The minimum atomic E-state index is -3.68. The largest absolute Gasteiger partial charge is 0.313 e. The lowest BCUT2D eigenvalue weighted by molar-refractivity contribution is 0.551. The van der Waals surface area contributed by atoms with Crippen LogP contribution < -0.4 is 10.0 Å². The van der Waals surface area contributed by atoms with Crippen LogP contribution in [0.3, 0.4) is 0 Å². The molecular formula is C12H18N2O4S2. The fraction of sp³-hybridized carbons (Fsp3) is 0.500. The maximum absolute atomic E-state index is 12.1. The number of benzene rings is 1. The van der Waals surface area contributed by atoms with Gasteiger partial charge in [0.1, 0.15) is 0 Å². The van der Waals surface area contributed by atoms with Crippen LogP contribution in [0, 0.1) is 0 Å². The standard InChI is InChI=1S/C12H18N2O4S2/c1-19(15,16)11-5-2-6-12(8-11)20(17,18)14-9-10-4-3-7-13-10/h2,5-6,8,10,13-14H,3-4,7,9H2,1H3/t10-/m0/s1. The lowest BCUT2D eigenvalue weighted by Gasteiger charge is -2.12. The summed E-state index contributed by atoms with van der Waals surface area (Å²) in [6.07, 6.45) is 3.02. The summed E-state index contributed by atoms with van der Waals surface area (Å²) in [5.74, 6) is 0. The minimum Gasteiger partial charge on any atom is -0.313 e. The maximum Gasteiger partial charge on any atom is 0.240 e. The van der Waals surface area contributed by atoms with Gasteiger partial charge in [0.05, 0.1) is 9.79 Å². The highest BCUT2D eigenvalue weighted by atomic mass is 32.2. The number of sulfonamides is 1. The van der Waals surface area contributed by atoms with Gasteiger partial charge in [-0.3, -0.25) is 0 Å². The third-order valence-corrected chi connectivity index (χ3v) is 5.76. The summed E-state index contributed by atoms with van der Waals surface area (Å²) in [5, 5.41) is 3.19. The van der Waals surface area contributed by atoms with Crippen molar-refractivity contribution in [2.24, 2.45) is 0 Å². The SMILES string of the molecule is CS(=O)(=O)c1cccc(S(=O)(=O)NC[C@@H]2CCCN2)c1. The zero-order valence-electron chi connectivity index (χ0n) is 11.2. The Morgan fingerprint density at radius 3 is 2.55 bits per heavy atom. The van der Waals surface area contributed by atoms with Gasteiger partial charge in [-0.05, 0) is 37.6 Å². The van der Waals surface area contributed by atoms with Gasteiger partial charge in [-0.2, -0.15) is 0 Å². The van der Waals surface area contributed by atoms with Gasteiger partial charge in [0, 0.05) is 18.8 Å². The predicted molar refractivity (Wildman–Crippen MR) is 75.8 cm³/mol. The van der Waals surface area contributed by atoms with Gasteiger partial charge >= 0.3 is 0 Å². The Hall–Kier alpha value is -0.960. The average Bonchev–Trinajstić information content (AvgIpc) is 2.89. The molecule has 0 aromatic heterocycles. The zero-order chi connectivity index (χ0) is 14.8. The van der Waals surface area contributed by atoms with Crippen LogP contribution in [0.2, 0.25) is 0 Å². The van der Waals surface area contributed by atoms with Gasteiger partial charge in [0.25, 0.3) is 0 Å². The Balaban J connectivity index is 2.16. The Labute approximate surface area is 119 Å². The van der Waals surface area contributed by atoms with E-state index in [1.807, 2.05) is 0 Å². The van der Waals surface area contributed by atoms with Crippen LogP contribution in [0.15, 0.2) is 34.1 Å². The molecule has 8 heteroatoms. The molecule has 2 N–H and O–H groups in total. The van der Waals surface area contributed by atoms with Crippen LogP contribution in [-0.2, 0) is 19.9 Å². The molecule has 0 spiro atoms. The topological polar surface area (TPSA) is 92.3 Å². The average molecular weight is 318 g/mol. The fourth-order valence-corrected chi connectivity index (χ4v) is 3.97. The molecule has 2 rings (SSSR count). The van der Waals surface area contributed by atoms with Crippen LogP contribution in [0.4, 0.5) is 0 Å². The van der Waals surface area contributed by atoms with E-state index in [-0.39, 0.29) is 15.8 Å². The molecule has 1 heterocycles. The highest BCUT2D eigenvalue weighted by molar-refractivity contribution is 7.91. The molecule has 1 aliphatic rings. The molecule has 6 nitrogen and oxygen atoms in total. The molecule has 1 aromatic rings. The van der Waals surface area contributed by atoms with Crippen molar-refractivity contribution in [3.8, 4) is 0 Å². The normalized spacial score (nSPS) is 20.1. The molecule has 112 valence electrons. The van der Waals surface area contributed by atoms with Gasteiger partial charge in [-0.1, -0.05) is 6.07 Å². The third kappa shape index (κ3) is 3.78. The van der Waals surface area contributed by atoms with E-state index >= 15 is 0 Å². The van der Waals surface area contributed by atoms with E-state index in [1.54, 1.807) is 0 Å². The van der Waals surface area contributed by atoms with Crippen LogP contribution in [0.5, 0.6) is 0 Å². The summed E-state index contributed by atoms with van der Waals surface area (Å²) in [6.45, 7) is 1.21. The van der Waals surface area contributed by atoms with E-state index in [9.17, 15) is 16.8 Å². The zero-order valence-corrected chi connectivity index (χ0v) is 12.8. The number of rotatable bonds is 5. The molecule has 1 aliphatic heterocycles. The molecule has 1 fully saturated rings. The Morgan fingerprint density at radius 1 is 1.25 bits per heavy atom. The van der Waals surface area contributed by atoms with Crippen LogP contribution in [0.25, 0.3) is 0 Å². The van der Waals surface area contributed by atoms with Crippen LogP contribution in [-0.4, -0.2) is 42.2 Å². The number of sulfone groups is 1. The van der Waals surface area contributed by atoms with E-state index < -0.39 is 19.9 Å². The van der Waals surface area contributed by atoms with Gasteiger partial charge in [-0.15, -0.1) is 0 Å². The van der Waals surface area contributed by atoms with Gasteiger partial charge < -0.3 is 5.32 Å². The summed E-state index contributed by atoms with van der Waals surface area (Å²) in [5.41, 5.74) is 0. The molecular weight excluding hydrogens is 300 g/mol. The Morgan fingerprint density at radius 2 is 1.95 bits per heavy atom. The van der Waals surface area contributed by atoms with Crippen molar-refractivity contribution in [2.45, 2.75) is 28.7 Å². The molecule has 0 amide bonds. The molecule has 0 bridgehead atoms. The quantitative estimate of drug-likeness (QED) is 0.804. The maximum atomic E-state index is 12.1. The lowest BCUT2D eigenvalue weighted by atomic mass is 10.2. The van der Waals surface area contributed by atoms with Crippen molar-refractivity contribution in [3.63, 3.8) is 0 Å². The van der Waals surface area contributed by atoms with Crippen molar-refractivity contribution in [3.05, 3.63) is 24.3 Å². The van der Waals surface area contributed by atoms with Crippen LogP contribution >= 0.6 is 0 Å². The summed E-state index contributed by atoms with van der Waals surface area (Å²) >= 11 is 0. The van der Waals surface area contributed by atoms with Crippen molar-refractivity contribution < 1.29 is 16.8 Å². The molecule has 1 saturated heterocycles. The molecule has 1 atom stereocenters. The monoisotopic (exact) mass is 318 g/mol. The fourth-order valence-electron chi connectivity index (χ4n) is 2.10. The van der Waals surface area contributed by atoms with Crippen LogP contribution in [0.1, 0.15) is 12.8 Å². The first-order valence-electron chi connectivity index (χ1n) is 6.32. The van der Waals surface area contributed by atoms with E-state index in [4.69, 9.17) is 0 Å². The summed E-state index contributed by atoms with van der Waals surface area (Å²) in [6, 6.07) is 5.52. The second-order valence-corrected chi connectivity index (χ2v) is 8.67. The van der Waals surface area contributed by atoms with Gasteiger partial charge in [-0.25, -0.2) is 21.6 Å². The highest BCUT2D eigenvalue weighted by Gasteiger charge is 2.20. The first-order valence-corrected chi connectivity index (χ1v) is 9.70. The third-order valence-electron chi connectivity index (χ3n) is 3.23. The summed E-state index contributed by atoms with van der Waals surface area (Å²) in [7, 11) is -7.11. The van der Waals surface area contributed by atoms with E-state index in [0.29, 0.717) is 6.54 Å². The summed E-state index contributed by atoms with van der Waals surface area (Å²) in [4.78, 5) is -0.0298. The summed E-state index contributed by atoms with van der Waals surface area (Å²) < 4.78 is 49.7. The Kier molecular flexibility index (Phi) is 4.48. The smallest absolute Gasteiger partial charge is 0.240 e. The second kappa shape index (κ2) is 5.80. The number of hydrogen-bond acceptors (Lipinski definition) is 5. The molecule has 0 saturated carbocycles. The van der Waals surface area contributed by atoms with Crippen molar-refractivity contribution in [2.75, 3.05) is 19.3 Å². The number of nitrogens with one attached hydrogen (secondary N) is 2. The van der Waals surface area contributed by atoms with E-state index in [0.717, 1.165) is 25.6 Å². The van der Waals surface area contributed by atoms with Crippen molar-refractivity contribution in [1.29, 1.82) is 0 Å². The first kappa shape index (κ1) is 15.4. The van der Waals surface area contributed by atoms with Gasteiger partial charge in [0.2, 0.25) is 10.0 Å². The van der Waals surface area contributed by atoms with E-state index in [1.165, 1.54) is 24.3 Å². The molecule has 0 aliphatic carbocycles. The van der Waals surface area contributed by atoms with Crippen molar-refractivity contribution >= 4 is 19.9 Å². The lowest BCUT2D eigenvalue weighted by Crippen LogP contribution is -2.37. The van der Waals surface area contributed by atoms with E-state index in [2.05, 4.69) is 10.0 Å².